The second kappa shape index (κ2) is 3.83. The van der Waals surface area contributed by atoms with Crippen LogP contribution >= 0.6 is 0 Å². The van der Waals surface area contributed by atoms with Crippen LogP contribution in [0.15, 0.2) is 12.3 Å². The van der Waals surface area contributed by atoms with Gasteiger partial charge in [0.1, 0.15) is 5.69 Å². The second-order valence-electron chi connectivity index (χ2n) is 4.17. The van der Waals surface area contributed by atoms with Crippen molar-refractivity contribution in [3.05, 3.63) is 18.0 Å². The van der Waals surface area contributed by atoms with E-state index in [0.29, 0.717) is 6.42 Å². The van der Waals surface area contributed by atoms with E-state index in [4.69, 9.17) is 0 Å². The van der Waals surface area contributed by atoms with Gasteiger partial charge in [-0.05, 0) is 12.5 Å². The van der Waals surface area contributed by atoms with Crippen molar-refractivity contribution in [2.75, 3.05) is 18.0 Å². The van der Waals surface area contributed by atoms with Crippen LogP contribution in [-0.4, -0.2) is 33.8 Å². The van der Waals surface area contributed by atoms with E-state index in [1.165, 1.54) is 4.90 Å². The molecule has 0 aromatic carbocycles. The molecule has 94 valence electrons. The molecule has 1 aromatic rings. The second-order valence-corrected chi connectivity index (χ2v) is 4.17. The van der Waals surface area contributed by atoms with Crippen LogP contribution in [0.4, 0.5) is 19.1 Å². The van der Waals surface area contributed by atoms with Gasteiger partial charge in [-0.1, -0.05) is 6.92 Å². The normalized spacial score (nSPS) is 19.0. The first kappa shape index (κ1) is 12.1. The molecule has 0 saturated carbocycles. The molecular weight excluding hydrogens is 235 g/mol. The number of hydrogen-bond donors (Lipinski definition) is 1. The summed E-state index contributed by atoms with van der Waals surface area (Å²) in [6.45, 7) is 2.36. The number of nitrogens with zero attached hydrogens (tertiary/aromatic N) is 3. The van der Waals surface area contributed by atoms with Crippen molar-refractivity contribution in [1.29, 1.82) is 0 Å². The zero-order chi connectivity index (χ0) is 12.7. The highest BCUT2D eigenvalue weighted by Gasteiger charge is 2.41. The Morgan fingerprint density at radius 1 is 1.47 bits per heavy atom. The molecule has 1 aliphatic heterocycles. The quantitative estimate of drug-likeness (QED) is 0.859. The van der Waals surface area contributed by atoms with Crippen LogP contribution in [0.3, 0.4) is 0 Å². The molecule has 1 saturated heterocycles. The summed E-state index contributed by atoms with van der Waals surface area (Å²) in [5.41, 5.74) is -1.79. The van der Waals surface area contributed by atoms with Crippen LogP contribution in [0.1, 0.15) is 19.0 Å². The Morgan fingerprint density at radius 2 is 2.12 bits per heavy atom. The molecular formula is C10H12F3N3O. The molecule has 0 unspecified atom stereocenters. The maximum absolute atomic E-state index is 12.4. The van der Waals surface area contributed by atoms with E-state index in [-0.39, 0.29) is 19.0 Å². The Bertz CT molecular complexity index is 416. The lowest BCUT2D eigenvalue weighted by Crippen LogP contribution is -2.62. The molecule has 0 amide bonds. The molecule has 17 heavy (non-hydrogen) atoms. The van der Waals surface area contributed by atoms with Crippen LogP contribution in [-0.2, 0) is 6.18 Å². The van der Waals surface area contributed by atoms with Gasteiger partial charge >= 0.3 is 6.18 Å². The molecule has 2 heterocycles. The Morgan fingerprint density at radius 3 is 2.65 bits per heavy atom. The summed E-state index contributed by atoms with van der Waals surface area (Å²) in [5, 5.41) is 9.76. The highest BCUT2D eigenvalue weighted by Crippen LogP contribution is 2.31. The molecule has 4 nitrogen and oxygen atoms in total. The monoisotopic (exact) mass is 247 g/mol. The standard InChI is InChI=1S/C10H12F3N3O/c1-2-9(17)5-16(6-9)8-14-4-3-7(15-8)10(11,12)13/h3-4,17H,2,5-6H2,1H3. The van der Waals surface area contributed by atoms with Crippen molar-refractivity contribution in [2.45, 2.75) is 25.1 Å². The van der Waals surface area contributed by atoms with Crippen LogP contribution in [0.5, 0.6) is 0 Å². The van der Waals surface area contributed by atoms with E-state index < -0.39 is 17.5 Å². The number of rotatable bonds is 2. The largest absolute Gasteiger partial charge is 0.433 e. The highest BCUT2D eigenvalue weighted by molar-refractivity contribution is 5.37. The number of β-amino-alcohol motifs (C(OH)–C–C–N with tert-alkyl or cyclic N) is 1. The summed E-state index contributed by atoms with van der Waals surface area (Å²) in [4.78, 5) is 8.75. The molecule has 7 heteroatoms. The van der Waals surface area contributed by atoms with E-state index >= 15 is 0 Å². The van der Waals surface area contributed by atoms with Gasteiger partial charge in [0.05, 0.1) is 18.7 Å². The predicted octanol–water partition coefficient (Wildman–Crippen LogP) is 1.46. The highest BCUT2D eigenvalue weighted by atomic mass is 19.4. The Hall–Kier alpha value is -1.37. The third kappa shape index (κ3) is 2.33. The van der Waals surface area contributed by atoms with Gasteiger partial charge in [-0.3, -0.25) is 0 Å². The Kier molecular flexibility index (Phi) is 2.73. The first-order valence-electron chi connectivity index (χ1n) is 5.22. The molecule has 1 aliphatic rings. The third-order valence-corrected chi connectivity index (χ3v) is 2.84. The first-order chi connectivity index (χ1) is 7.84. The smallest absolute Gasteiger partial charge is 0.386 e. The average Bonchev–Trinajstić information content (AvgIpc) is 2.24. The topological polar surface area (TPSA) is 49.2 Å². The number of anilines is 1. The third-order valence-electron chi connectivity index (χ3n) is 2.84. The first-order valence-corrected chi connectivity index (χ1v) is 5.22. The Labute approximate surface area is 96.1 Å². The van der Waals surface area contributed by atoms with E-state index in [1.54, 1.807) is 0 Å². The molecule has 0 spiro atoms. The molecule has 1 aromatic heterocycles. The maximum Gasteiger partial charge on any atom is 0.433 e. The van der Waals surface area contributed by atoms with Crippen molar-refractivity contribution in [1.82, 2.24) is 9.97 Å². The van der Waals surface area contributed by atoms with Gasteiger partial charge in [0.2, 0.25) is 5.95 Å². The van der Waals surface area contributed by atoms with E-state index in [2.05, 4.69) is 9.97 Å². The number of hydrogen-bond acceptors (Lipinski definition) is 4. The van der Waals surface area contributed by atoms with Crippen molar-refractivity contribution < 1.29 is 18.3 Å². The summed E-state index contributed by atoms with van der Waals surface area (Å²) in [5.74, 6) is 0.0120. The van der Waals surface area contributed by atoms with Gasteiger partial charge in [0.15, 0.2) is 0 Å². The van der Waals surface area contributed by atoms with Crippen LogP contribution in [0, 0.1) is 0 Å². The Balaban J connectivity index is 2.14. The minimum atomic E-state index is -4.47. The number of aromatic nitrogens is 2. The van der Waals surface area contributed by atoms with Crippen LogP contribution in [0.2, 0.25) is 0 Å². The van der Waals surface area contributed by atoms with E-state index in [9.17, 15) is 18.3 Å². The predicted molar refractivity (Wildman–Crippen MR) is 54.5 cm³/mol. The number of halogens is 3. The van der Waals surface area contributed by atoms with Gasteiger partial charge in [-0.15, -0.1) is 0 Å². The van der Waals surface area contributed by atoms with Crippen LogP contribution in [0.25, 0.3) is 0 Å². The zero-order valence-electron chi connectivity index (χ0n) is 9.20. The SMILES string of the molecule is CCC1(O)CN(c2nccc(C(F)(F)F)n2)C1. The van der Waals surface area contributed by atoms with Gasteiger partial charge in [-0.25, -0.2) is 9.97 Å². The molecule has 0 atom stereocenters. The summed E-state index contributed by atoms with van der Waals surface area (Å²) in [6, 6.07) is 0.829. The van der Waals surface area contributed by atoms with Gasteiger partial charge in [0.25, 0.3) is 0 Å². The lowest BCUT2D eigenvalue weighted by molar-refractivity contribution is -0.141. The summed E-state index contributed by atoms with van der Waals surface area (Å²) < 4.78 is 37.2. The van der Waals surface area contributed by atoms with Gasteiger partial charge in [-0.2, -0.15) is 13.2 Å². The van der Waals surface area contributed by atoms with Crippen molar-refractivity contribution >= 4 is 5.95 Å². The molecule has 2 rings (SSSR count). The minimum Gasteiger partial charge on any atom is -0.386 e. The van der Waals surface area contributed by atoms with E-state index in [0.717, 1.165) is 12.3 Å². The van der Waals surface area contributed by atoms with Gasteiger partial charge in [0, 0.05) is 6.20 Å². The fourth-order valence-corrected chi connectivity index (χ4v) is 1.69. The van der Waals surface area contributed by atoms with Crippen molar-refractivity contribution in [2.24, 2.45) is 0 Å². The molecule has 0 bridgehead atoms. The summed E-state index contributed by atoms with van der Waals surface area (Å²) in [7, 11) is 0. The van der Waals surface area contributed by atoms with E-state index in [1.807, 2.05) is 6.92 Å². The molecule has 0 aliphatic carbocycles. The summed E-state index contributed by atoms with van der Waals surface area (Å²) >= 11 is 0. The number of aliphatic hydroxyl groups is 1. The number of alkyl halides is 3. The molecule has 1 N–H and O–H groups in total. The zero-order valence-corrected chi connectivity index (χ0v) is 9.20. The van der Waals surface area contributed by atoms with Crippen LogP contribution < -0.4 is 4.90 Å². The fraction of sp³-hybridized carbons (Fsp3) is 0.600. The van der Waals surface area contributed by atoms with Gasteiger partial charge < -0.3 is 10.0 Å². The maximum atomic E-state index is 12.4. The molecule has 1 fully saturated rings. The van der Waals surface area contributed by atoms with Crippen molar-refractivity contribution in [3.63, 3.8) is 0 Å². The minimum absolute atomic E-state index is 0.0120. The lowest BCUT2D eigenvalue weighted by atomic mass is 9.92. The molecule has 0 radical (unpaired) electrons. The fourth-order valence-electron chi connectivity index (χ4n) is 1.69. The summed E-state index contributed by atoms with van der Waals surface area (Å²) in [6.07, 6.45) is -2.83. The lowest BCUT2D eigenvalue weighted by Gasteiger charge is -2.46. The average molecular weight is 247 g/mol. The van der Waals surface area contributed by atoms with Crippen molar-refractivity contribution in [3.8, 4) is 0 Å².